The van der Waals surface area contributed by atoms with Crippen LogP contribution in [0, 0.1) is 6.92 Å². The molecule has 0 aliphatic carbocycles. The predicted molar refractivity (Wildman–Crippen MR) is 95.3 cm³/mol. The minimum absolute atomic E-state index is 0.109. The van der Waals surface area contributed by atoms with Gasteiger partial charge in [0.1, 0.15) is 5.75 Å². The minimum Gasteiger partial charge on any atom is -0.497 e. The molecule has 2 aromatic carbocycles. The highest BCUT2D eigenvalue weighted by Gasteiger charge is 2.33. The summed E-state index contributed by atoms with van der Waals surface area (Å²) in [6.45, 7) is 2.20. The van der Waals surface area contributed by atoms with Crippen LogP contribution in [0.15, 0.2) is 53.4 Å². The molecule has 1 aliphatic heterocycles. The number of sulfonamides is 1. The van der Waals surface area contributed by atoms with Crippen molar-refractivity contribution in [2.24, 2.45) is 0 Å². The summed E-state index contributed by atoms with van der Waals surface area (Å²) in [6.07, 6.45) is 0.136. The second-order valence-corrected chi connectivity index (χ2v) is 7.75. The number of anilines is 1. The molecule has 1 N–H and O–H groups in total. The number of aryl methyl sites for hydroxylation is 1. The largest absolute Gasteiger partial charge is 0.497 e. The maximum absolute atomic E-state index is 12.5. The zero-order valence-corrected chi connectivity index (χ0v) is 14.9. The van der Waals surface area contributed by atoms with E-state index in [9.17, 15) is 13.2 Å². The van der Waals surface area contributed by atoms with Crippen LogP contribution in [0.4, 0.5) is 5.69 Å². The lowest BCUT2D eigenvalue weighted by Gasteiger charge is -2.17. The Kier molecular flexibility index (Phi) is 4.78. The lowest BCUT2D eigenvalue weighted by molar-refractivity contribution is -0.117. The summed E-state index contributed by atoms with van der Waals surface area (Å²) >= 11 is 0. The Balaban J connectivity index is 1.72. The maximum atomic E-state index is 12.5. The molecule has 1 fully saturated rings. The number of benzene rings is 2. The van der Waals surface area contributed by atoms with E-state index < -0.39 is 16.1 Å². The number of nitrogens with zero attached hydrogens (tertiary/aromatic N) is 1. The lowest BCUT2D eigenvalue weighted by atomic mass is 10.2. The molecule has 0 aromatic heterocycles. The Morgan fingerprint density at radius 1 is 1.08 bits per heavy atom. The summed E-state index contributed by atoms with van der Waals surface area (Å²) in [4.78, 5) is 14.1. The molecule has 1 atom stereocenters. The summed E-state index contributed by atoms with van der Waals surface area (Å²) in [5.74, 6) is 0.591. The number of carbonyl (C=O) groups is 1. The first-order valence-corrected chi connectivity index (χ1v) is 9.41. The van der Waals surface area contributed by atoms with Gasteiger partial charge in [-0.25, -0.2) is 13.1 Å². The molecule has 1 saturated heterocycles. The summed E-state index contributed by atoms with van der Waals surface area (Å²) < 4.78 is 32.7. The predicted octanol–water partition coefficient (Wildman–Crippen LogP) is 2.09. The molecule has 1 heterocycles. The van der Waals surface area contributed by atoms with Crippen LogP contribution in [0.1, 0.15) is 12.0 Å². The van der Waals surface area contributed by atoms with Crippen molar-refractivity contribution in [3.05, 3.63) is 54.1 Å². The number of amides is 1. The fourth-order valence-corrected chi connectivity index (χ4v) is 4.03. The SMILES string of the molecule is COc1ccc(N2C[C@H](NS(=O)(=O)c3ccc(C)cc3)CC2=O)cc1. The number of nitrogens with one attached hydrogen (secondary N) is 1. The van der Waals surface area contributed by atoms with Gasteiger partial charge in [-0.3, -0.25) is 4.79 Å². The van der Waals surface area contributed by atoms with Gasteiger partial charge >= 0.3 is 0 Å². The van der Waals surface area contributed by atoms with Gasteiger partial charge in [0, 0.05) is 24.7 Å². The van der Waals surface area contributed by atoms with Crippen molar-refractivity contribution in [1.29, 1.82) is 0 Å². The van der Waals surface area contributed by atoms with Crippen LogP contribution in [0.2, 0.25) is 0 Å². The van der Waals surface area contributed by atoms with E-state index in [1.807, 2.05) is 6.92 Å². The average molecular weight is 360 g/mol. The minimum atomic E-state index is -3.65. The van der Waals surface area contributed by atoms with Crippen molar-refractivity contribution >= 4 is 21.6 Å². The average Bonchev–Trinajstić information content (AvgIpc) is 2.95. The second kappa shape index (κ2) is 6.85. The van der Waals surface area contributed by atoms with E-state index in [1.54, 1.807) is 60.5 Å². The van der Waals surface area contributed by atoms with Gasteiger partial charge in [-0.2, -0.15) is 0 Å². The normalized spacial score (nSPS) is 17.8. The van der Waals surface area contributed by atoms with Crippen LogP contribution in [0.5, 0.6) is 5.75 Å². The Labute approximate surface area is 147 Å². The van der Waals surface area contributed by atoms with Crippen LogP contribution >= 0.6 is 0 Å². The summed E-state index contributed by atoms with van der Waals surface area (Å²) in [7, 11) is -2.07. The molecular weight excluding hydrogens is 340 g/mol. The van der Waals surface area contributed by atoms with Gasteiger partial charge < -0.3 is 9.64 Å². The van der Waals surface area contributed by atoms with E-state index in [0.717, 1.165) is 11.3 Å². The molecule has 2 aromatic rings. The van der Waals surface area contributed by atoms with Gasteiger partial charge in [0.05, 0.1) is 12.0 Å². The number of methoxy groups -OCH3 is 1. The number of hydrogen-bond acceptors (Lipinski definition) is 4. The van der Waals surface area contributed by atoms with Crippen LogP contribution in [-0.4, -0.2) is 34.0 Å². The molecule has 0 saturated carbocycles. The molecule has 3 rings (SSSR count). The van der Waals surface area contributed by atoms with Crippen molar-refractivity contribution in [3.63, 3.8) is 0 Å². The molecule has 132 valence electrons. The summed E-state index contributed by atoms with van der Waals surface area (Å²) in [5.41, 5.74) is 1.71. The van der Waals surface area contributed by atoms with Gasteiger partial charge in [-0.1, -0.05) is 17.7 Å². The first-order valence-electron chi connectivity index (χ1n) is 7.92. The standard InChI is InChI=1S/C18H20N2O4S/c1-13-3-9-17(10-4-13)25(22,23)19-14-11-18(21)20(12-14)15-5-7-16(24-2)8-6-15/h3-10,14,19H,11-12H2,1-2H3/t14-/m1/s1. The zero-order chi connectivity index (χ0) is 18.0. The molecule has 0 spiro atoms. The first kappa shape index (κ1) is 17.4. The lowest BCUT2D eigenvalue weighted by Crippen LogP contribution is -2.37. The molecule has 0 bridgehead atoms. The van der Waals surface area contributed by atoms with Crippen LogP contribution in [0.3, 0.4) is 0 Å². The molecule has 0 radical (unpaired) electrons. The quantitative estimate of drug-likeness (QED) is 0.886. The molecular formula is C18H20N2O4S. The molecule has 25 heavy (non-hydrogen) atoms. The zero-order valence-electron chi connectivity index (χ0n) is 14.1. The highest BCUT2D eigenvalue weighted by Crippen LogP contribution is 2.25. The van der Waals surface area contributed by atoms with E-state index in [1.165, 1.54) is 0 Å². The summed E-state index contributed by atoms with van der Waals surface area (Å²) in [6, 6.07) is 13.3. The van der Waals surface area contributed by atoms with Crippen LogP contribution in [0.25, 0.3) is 0 Å². The molecule has 6 nitrogen and oxygen atoms in total. The first-order chi connectivity index (χ1) is 11.9. The molecule has 1 amide bonds. The molecule has 7 heteroatoms. The fourth-order valence-electron chi connectivity index (χ4n) is 2.80. The van der Waals surface area contributed by atoms with Gasteiger partial charge in [0.25, 0.3) is 0 Å². The smallest absolute Gasteiger partial charge is 0.240 e. The highest BCUT2D eigenvalue weighted by molar-refractivity contribution is 7.89. The van der Waals surface area contributed by atoms with Crippen LogP contribution < -0.4 is 14.4 Å². The van der Waals surface area contributed by atoms with E-state index in [-0.39, 0.29) is 17.2 Å². The third-order valence-corrected chi connectivity index (χ3v) is 5.70. The third kappa shape index (κ3) is 3.83. The van der Waals surface area contributed by atoms with Gasteiger partial charge in [-0.05, 0) is 43.3 Å². The van der Waals surface area contributed by atoms with Gasteiger partial charge in [-0.15, -0.1) is 0 Å². The maximum Gasteiger partial charge on any atom is 0.240 e. The number of ether oxygens (including phenoxy) is 1. The van der Waals surface area contributed by atoms with Gasteiger partial charge in [0.15, 0.2) is 0 Å². The van der Waals surface area contributed by atoms with E-state index in [4.69, 9.17) is 4.74 Å². The van der Waals surface area contributed by atoms with Crippen molar-refractivity contribution in [2.45, 2.75) is 24.3 Å². The Morgan fingerprint density at radius 3 is 2.32 bits per heavy atom. The Bertz CT molecular complexity index is 861. The number of carbonyl (C=O) groups excluding carboxylic acids is 1. The molecule has 1 aliphatic rings. The summed E-state index contributed by atoms with van der Waals surface area (Å²) in [5, 5.41) is 0. The van der Waals surface area contributed by atoms with Crippen molar-refractivity contribution in [3.8, 4) is 5.75 Å². The second-order valence-electron chi connectivity index (χ2n) is 6.04. The van der Waals surface area contributed by atoms with E-state index in [0.29, 0.717) is 12.3 Å². The fraction of sp³-hybridized carbons (Fsp3) is 0.278. The van der Waals surface area contributed by atoms with Crippen molar-refractivity contribution < 1.29 is 17.9 Å². The topological polar surface area (TPSA) is 75.7 Å². The number of rotatable bonds is 5. The Hall–Kier alpha value is -2.38. The van der Waals surface area contributed by atoms with Crippen LogP contribution in [-0.2, 0) is 14.8 Å². The third-order valence-electron chi connectivity index (χ3n) is 4.16. The monoisotopic (exact) mass is 360 g/mol. The number of hydrogen-bond donors (Lipinski definition) is 1. The van der Waals surface area contributed by atoms with E-state index >= 15 is 0 Å². The van der Waals surface area contributed by atoms with Gasteiger partial charge in [0.2, 0.25) is 15.9 Å². The van der Waals surface area contributed by atoms with Crippen molar-refractivity contribution in [1.82, 2.24) is 4.72 Å². The van der Waals surface area contributed by atoms with Crippen molar-refractivity contribution in [2.75, 3.05) is 18.6 Å². The van der Waals surface area contributed by atoms with E-state index in [2.05, 4.69) is 4.72 Å². The molecule has 0 unspecified atom stereocenters. The Morgan fingerprint density at radius 2 is 1.72 bits per heavy atom. The highest BCUT2D eigenvalue weighted by atomic mass is 32.2.